The number of rotatable bonds is 6. The van der Waals surface area contributed by atoms with Gasteiger partial charge in [0.15, 0.2) is 12.4 Å². The van der Waals surface area contributed by atoms with E-state index in [2.05, 4.69) is 0 Å². The molecule has 0 radical (unpaired) electrons. The van der Waals surface area contributed by atoms with Crippen molar-refractivity contribution in [1.29, 1.82) is 0 Å². The van der Waals surface area contributed by atoms with E-state index in [1.807, 2.05) is 0 Å². The second-order valence-electron chi connectivity index (χ2n) is 5.19. The largest absolute Gasteiger partial charge is 0.482 e. The summed E-state index contributed by atoms with van der Waals surface area (Å²) in [7, 11) is 0. The zero-order chi connectivity index (χ0) is 16.8. The molecule has 0 bridgehead atoms. The van der Waals surface area contributed by atoms with Crippen molar-refractivity contribution in [2.75, 3.05) is 6.61 Å². The molecule has 0 heterocycles. The van der Waals surface area contributed by atoms with Gasteiger partial charge in [0, 0.05) is 16.1 Å². The van der Waals surface area contributed by atoms with Crippen molar-refractivity contribution in [3.8, 4) is 5.75 Å². The third-order valence-corrected chi connectivity index (χ3v) is 3.20. The zero-order valence-electron chi connectivity index (χ0n) is 12.9. The average Bonchev–Trinajstić information content (AvgIpc) is 2.53. The second-order valence-corrected chi connectivity index (χ2v) is 5.62. The van der Waals surface area contributed by atoms with Gasteiger partial charge in [-0.05, 0) is 62.4 Å². The predicted molar refractivity (Wildman–Crippen MR) is 88.0 cm³/mol. The minimum atomic E-state index is -0.429. The van der Waals surface area contributed by atoms with E-state index in [9.17, 15) is 9.59 Å². The molecule has 0 saturated carbocycles. The monoisotopic (exact) mass is 332 g/mol. The third-order valence-electron chi connectivity index (χ3n) is 2.95. The van der Waals surface area contributed by atoms with Gasteiger partial charge in [-0.1, -0.05) is 11.6 Å². The maximum Gasteiger partial charge on any atom is 0.344 e. The molecule has 0 N–H and O–H groups in total. The summed E-state index contributed by atoms with van der Waals surface area (Å²) in [6.45, 7) is 3.38. The third kappa shape index (κ3) is 5.11. The molecule has 4 nitrogen and oxygen atoms in total. The van der Waals surface area contributed by atoms with Gasteiger partial charge in [-0.25, -0.2) is 4.79 Å². The van der Waals surface area contributed by atoms with Gasteiger partial charge in [0.25, 0.3) is 0 Å². The van der Waals surface area contributed by atoms with Gasteiger partial charge in [-0.15, -0.1) is 0 Å². The first kappa shape index (κ1) is 17.0. The highest BCUT2D eigenvalue weighted by molar-refractivity contribution is 6.30. The van der Waals surface area contributed by atoms with Crippen molar-refractivity contribution in [2.24, 2.45) is 0 Å². The van der Waals surface area contributed by atoms with Crippen LogP contribution in [0.25, 0.3) is 0 Å². The molecule has 2 aromatic rings. The van der Waals surface area contributed by atoms with Crippen LogP contribution >= 0.6 is 11.6 Å². The number of benzene rings is 2. The fourth-order valence-corrected chi connectivity index (χ4v) is 2.04. The summed E-state index contributed by atoms with van der Waals surface area (Å²) in [5.74, 6) is -0.0351. The summed E-state index contributed by atoms with van der Waals surface area (Å²) >= 11 is 5.81. The van der Waals surface area contributed by atoms with Crippen molar-refractivity contribution in [1.82, 2.24) is 0 Å². The fraction of sp³-hybridized carbons (Fsp3) is 0.222. The van der Waals surface area contributed by atoms with Crippen LogP contribution in [0.2, 0.25) is 5.02 Å². The number of hydrogen-bond acceptors (Lipinski definition) is 4. The zero-order valence-corrected chi connectivity index (χ0v) is 13.7. The molecule has 0 aliphatic heterocycles. The number of hydrogen-bond donors (Lipinski definition) is 0. The first-order valence-electron chi connectivity index (χ1n) is 7.18. The Morgan fingerprint density at radius 1 is 0.957 bits per heavy atom. The lowest BCUT2D eigenvalue weighted by atomic mass is 10.0. The molecule has 0 fully saturated rings. The summed E-state index contributed by atoms with van der Waals surface area (Å²) < 4.78 is 10.3. The van der Waals surface area contributed by atoms with Crippen LogP contribution in [-0.2, 0) is 9.53 Å². The van der Waals surface area contributed by atoms with E-state index in [0.717, 1.165) is 0 Å². The lowest BCUT2D eigenvalue weighted by molar-refractivity contribution is -0.149. The summed E-state index contributed by atoms with van der Waals surface area (Å²) in [4.78, 5) is 23.7. The van der Waals surface area contributed by atoms with Crippen LogP contribution in [0.15, 0.2) is 48.5 Å². The minimum absolute atomic E-state index is 0.104. The van der Waals surface area contributed by atoms with Gasteiger partial charge < -0.3 is 9.47 Å². The molecule has 120 valence electrons. The highest BCUT2D eigenvalue weighted by Crippen LogP contribution is 2.17. The van der Waals surface area contributed by atoms with Gasteiger partial charge in [-0.2, -0.15) is 0 Å². The van der Waals surface area contributed by atoms with E-state index in [4.69, 9.17) is 21.1 Å². The SMILES string of the molecule is CC(C)OC(=O)COc1ccc(C(=O)c2ccc(Cl)cc2)cc1. The number of carbonyl (C=O) groups is 2. The summed E-state index contributed by atoms with van der Waals surface area (Å²) in [6.07, 6.45) is -0.175. The van der Waals surface area contributed by atoms with E-state index in [1.165, 1.54) is 0 Å². The van der Waals surface area contributed by atoms with Crippen LogP contribution in [0.1, 0.15) is 29.8 Å². The number of carbonyl (C=O) groups excluding carboxylic acids is 2. The quantitative estimate of drug-likeness (QED) is 0.594. The van der Waals surface area contributed by atoms with Gasteiger partial charge in [-0.3, -0.25) is 4.79 Å². The van der Waals surface area contributed by atoms with Crippen molar-refractivity contribution >= 4 is 23.4 Å². The Labute approximate surface area is 140 Å². The van der Waals surface area contributed by atoms with E-state index < -0.39 is 5.97 Å². The first-order valence-corrected chi connectivity index (χ1v) is 7.56. The molecule has 2 aromatic carbocycles. The Kier molecular flexibility index (Phi) is 5.77. The van der Waals surface area contributed by atoms with Gasteiger partial charge in [0.2, 0.25) is 0 Å². The lowest BCUT2D eigenvalue weighted by Gasteiger charge is -2.09. The normalized spacial score (nSPS) is 10.4. The smallest absolute Gasteiger partial charge is 0.344 e. The first-order chi connectivity index (χ1) is 11.0. The van der Waals surface area contributed by atoms with E-state index in [0.29, 0.717) is 21.9 Å². The molecular formula is C18H17ClO4. The maximum atomic E-state index is 12.3. The molecule has 0 aliphatic carbocycles. The highest BCUT2D eigenvalue weighted by Gasteiger charge is 2.10. The molecule has 0 saturated heterocycles. The minimum Gasteiger partial charge on any atom is -0.482 e. The number of ether oxygens (including phenoxy) is 2. The molecule has 5 heteroatoms. The highest BCUT2D eigenvalue weighted by atomic mass is 35.5. The molecule has 0 unspecified atom stereocenters. The maximum absolute atomic E-state index is 12.3. The van der Waals surface area contributed by atoms with Crippen LogP contribution in [0.5, 0.6) is 5.75 Å². The number of halogens is 1. The van der Waals surface area contributed by atoms with Crippen LogP contribution in [0.3, 0.4) is 0 Å². The molecule has 0 atom stereocenters. The predicted octanol–water partition coefficient (Wildman–Crippen LogP) is 3.90. The Morgan fingerprint density at radius 2 is 1.48 bits per heavy atom. The van der Waals surface area contributed by atoms with Crippen molar-refractivity contribution < 1.29 is 19.1 Å². The van der Waals surface area contributed by atoms with Crippen molar-refractivity contribution in [3.63, 3.8) is 0 Å². The number of esters is 1. The summed E-state index contributed by atoms with van der Waals surface area (Å²) in [5, 5.41) is 0.582. The van der Waals surface area contributed by atoms with E-state index in [1.54, 1.807) is 62.4 Å². The van der Waals surface area contributed by atoms with Crippen LogP contribution in [-0.4, -0.2) is 24.5 Å². The number of ketones is 1. The summed E-state index contributed by atoms with van der Waals surface area (Å²) in [5.41, 5.74) is 1.09. The molecule has 23 heavy (non-hydrogen) atoms. The topological polar surface area (TPSA) is 52.6 Å². The van der Waals surface area contributed by atoms with Gasteiger partial charge in [0.05, 0.1) is 6.10 Å². The molecule has 0 amide bonds. The van der Waals surface area contributed by atoms with Crippen LogP contribution < -0.4 is 4.74 Å². The van der Waals surface area contributed by atoms with Crippen molar-refractivity contribution in [2.45, 2.75) is 20.0 Å². The average molecular weight is 333 g/mol. The van der Waals surface area contributed by atoms with Crippen LogP contribution in [0.4, 0.5) is 0 Å². The molecular weight excluding hydrogens is 316 g/mol. The van der Waals surface area contributed by atoms with Gasteiger partial charge in [0.1, 0.15) is 5.75 Å². The van der Waals surface area contributed by atoms with E-state index >= 15 is 0 Å². The van der Waals surface area contributed by atoms with E-state index in [-0.39, 0.29) is 18.5 Å². The molecule has 0 aromatic heterocycles. The Balaban J connectivity index is 1.97. The Hall–Kier alpha value is -2.33. The van der Waals surface area contributed by atoms with Crippen molar-refractivity contribution in [3.05, 3.63) is 64.7 Å². The van der Waals surface area contributed by atoms with Gasteiger partial charge >= 0.3 is 5.97 Å². The molecule has 0 spiro atoms. The lowest BCUT2D eigenvalue weighted by Crippen LogP contribution is -2.18. The fourth-order valence-electron chi connectivity index (χ4n) is 1.91. The van der Waals surface area contributed by atoms with Crippen LogP contribution in [0, 0.1) is 0 Å². The second kappa shape index (κ2) is 7.79. The Morgan fingerprint density at radius 3 is 2.00 bits per heavy atom. The molecule has 2 rings (SSSR count). The summed E-state index contributed by atoms with van der Waals surface area (Å²) in [6, 6.07) is 13.3. The standard InChI is InChI=1S/C18H17ClO4/c1-12(2)23-17(20)11-22-16-9-5-14(6-10-16)18(21)13-3-7-15(19)8-4-13/h3-10,12H,11H2,1-2H3. The molecule has 0 aliphatic rings. The Bertz CT molecular complexity index is 675.